The molecule has 0 aromatic heterocycles. The minimum absolute atomic E-state index is 0.187. The second kappa shape index (κ2) is 4.23. The predicted molar refractivity (Wildman–Crippen MR) is 50.3 cm³/mol. The number of rotatable bonds is 2. The van der Waals surface area contributed by atoms with Crippen LogP contribution < -0.4 is 5.32 Å². The first-order chi connectivity index (χ1) is 6.13. The van der Waals surface area contributed by atoms with Crippen LogP contribution in [0.1, 0.15) is 13.3 Å². The second-order valence-corrected chi connectivity index (χ2v) is 2.93. The molecule has 0 fully saturated rings. The zero-order chi connectivity index (χ0) is 9.84. The van der Waals surface area contributed by atoms with Gasteiger partial charge in [0, 0.05) is 6.42 Å². The summed E-state index contributed by atoms with van der Waals surface area (Å²) in [6.45, 7) is 1.71. The van der Waals surface area contributed by atoms with Crippen molar-refractivity contribution in [3.8, 4) is 0 Å². The summed E-state index contributed by atoms with van der Waals surface area (Å²) in [7, 11) is 0. The van der Waals surface area contributed by atoms with Crippen LogP contribution in [0.25, 0.3) is 0 Å². The minimum Gasteiger partial charge on any atom is -0.325 e. The van der Waals surface area contributed by atoms with E-state index in [2.05, 4.69) is 5.32 Å². The van der Waals surface area contributed by atoms with Crippen LogP contribution in [0.2, 0.25) is 5.02 Å². The molecule has 1 N–H and O–H groups in total. The first kappa shape index (κ1) is 9.99. The smallest absolute Gasteiger partial charge is 0.224 e. The molecule has 2 nitrogen and oxygen atoms in total. The topological polar surface area (TPSA) is 29.1 Å². The Balaban J connectivity index is 2.87. The van der Waals surface area contributed by atoms with Crippen molar-refractivity contribution in [3.63, 3.8) is 0 Å². The van der Waals surface area contributed by atoms with Crippen LogP contribution in [-0.4, -0.2) is 5.91 Å². The van der Waals surface area contributed by atoms with E-state index < -0.39 is 5.82 Å². The Morgan fingerprint density at radius 1 is 1.62 bits per heavy atom. The molecule has 0 spiro atoms. The molecule has 1 rings (SSSR count). The summed E-state index contributed by atoms with van der Waals surface area (Å²) in [5.41, 5.74) is 0.313. The van der Waals surface area contributed by atoms with Gasteiger partial charge in [-0.05, 0) is 18.2 Å². The summed E-state index contributed by atoms with van der Waals surface area (Å²) >= 11 is 5.72. The summed E-state index contributed by atoms with van der Waals surface area (Å²) < 4.78 is 12.7. The van der Waals surface area contributed by atoms with Gasteiger partial charge in [0.25, 0.3) is 0 Å². The molecule has 13 heavy (non-hydrogen) atoms. The van der Waals surface area contributed by atoms with E-state index in [1.807, 2.05) is 0 Å². The Morgan fingerprint density at radius 2 is 2.31 bits per heavy atom. The molecule has 0 atom stereocenters. The first-order valence-electron chi connectivity index (χ1n) is 3.88. The van der Waals surface area contributed by atoms with Crippen LogP contribution in [0, 0.1) is 5.82 Å². The third-order valence-electron chi connectivity index (χ3n) is 1.52. The van der Waals surface area contributed by atoms with Gasteiger partial charge >= 0.3 is 0 Å². The maximum absolute atomic E-state index is 12.7. The molecular formula is C9H9ClFNO. The lowest BCUT2D eigenvalue weighted by atomic mass is 10.3. The second-order valence-electron chi connectivity index (χ2n) is 2.53. The van der Waals surface area contributed by atoms with Crippen molar-refractivity contribution >= 4 is 23.2 Å². The Labute approximate surface area is 80.7 Å². The van der Waals surface area contributed by atoms with Crippen molar-refractivity contribution in [1.82, 2.24) is 0 Å². The van der Waals surface area contributed by atoms with Crippen molar-refractivity contribution in [1.29, 1.82) is 0 Å². The Kier molecular flexibility index (Phi) is 3.25. The zero-order valence-electron chi connectivity index (χ0n) is 7.10. The molecule has 0 aliphatic carbocycles. The fraction of sp³-hybridized carbons (Fsp3) is 0.222. The monoisotopic (exact) mass is 201 g/mol. The van der Waals surface area contributed by atoms with Crippen LogP contribution in [0.3, 0.4) is 0 Å². The van der Waals surface area contributed by atoms with Crippen LogP contribution >= 0.6 is 11.6 Å². The number of amides is 1. The highest BCUT2D eigenvalue weighted by Gasteiger charge is 2.04. The SMILES string of the molecule is CCC(=O)Nc1cc(F)ccc1Cl. The minimum atomic E-state index is -0.421. The van der Waals surface area contributed by atoms with Gasteiger partial charge in [0.15, 0.2) is 0 Å². The standard InChI is InChI=1S/C9H9ClFNO/c1-2-9(13)12-8-5-6(11)3-4-7(8)10/h3-5H,2H2,1H3,(H,12,13). The number of hydrogen-bond donors (Lipinski definition) is 1. The zero-order valence-corrected chi connectivity index (χ0v) is 7.86. The molecule has 4 heteroatoms. The lowest BCUT2D eigenvalue weighted by Crippen LogP contribution is -2.09. The number of halogens is 2. The molecule has 0 radical (unpaired) electrons. The molecular weight excluding hydrogens is 193 g/mol. The maximum atomic E-state index is 12.7. The molecule has 70 valence electrons. The summed E-state index contributed by atoms with van der Waals surface area (Å²) in [4.78, 5) is 11.0. The van der Waals surface area contributed by atoms with Gasteiger partial charge in [-0.25, -0.2) is 4.39 Å². The van der Waals surface area contributed by atoms with Crippen LogP contribution in [0.15, 0.2) is 18.2 Å². The van der Waals surface area contributed by atoms with E-state index in [0.29, 0.717) is 17.1 Å². The fourth-order valence-electron chi connectivity index (χ4n) is 0.832. The third kappa shape index (κ3) is 2.70. The van der Waals surface area contributed by atoms with E-state index in [0.717, 1.165) is 0 Å². The van der Waals surface area contributed by atoms with Gasteiger partial charge in [-0.15, -0.1) is 0 Å². The normalized spacial score (nSPS) is 9.77. The summed E-state index contributed by atoms with van der Waals surface area (Å²) in [6, 6.07) is 3.84. The number of benzene rings is 1. The van der Waals surface area contributed by atoms with Crippen LogP contribution in [0.4, 0.5) is 10.1 Å². The van der Waals surface area contributed by atoms with E-state index in [1.165, 1.54) is 18.2 Å². The van der Waals surface area contributed by atoms with E-state index in [9.17, 15) is 9.18 Å². The van der Waals surface area contributed by atoms with Gasteiger partial charge in [0.05, 0.1) is 10.7 Å². The predicted octanol–water partition coefficient (Wildman–Crippen LogP) is 2.83. The molecule has 1 aromatic carbocycles. The summed E-state index contributed by atoms with van der Waals surface area (Å²) in [5, 5.41) is 2.83. The Hall–Kier alpha value is -1.09. The molecule has 0 heterocycles. The fourth-order valence-corrected chi connectivity index (χ4v) is 0.997. The number of hydrogen-bond acceptors (Lipinski definition) is 1. The quantitative estimate of drug-likeness (QED) is 0.783. The van der Waals surface area contributed by atoms with E-state index in [-0.39, 0.29) is 5.91 Å². The molecule has 1 amide bonds. The van der Waals surface area contributed by atoms with E-state index >= 15 is 0 Å². The van der Waals surface area contributed by atoms with Gasteiger partial charge < -0.3 is 5.32 Å². The largest absolute Gasteiger partial charge is 0.325 e. The van der Waals surface area contributed by atoms with Gasteiger partial charge in [0.1, 0.15) is 5.82 Å². The van der Waals surface area contributed by atoms with Crippen molar-refractivity contribution < 1.29 is 9.18 Å². The average Bonchev–Trinajstić information content (AvgIpc) is 2.11. The molecule has 1 aromatic rings. The Bertz CT molecular complexity index is 327. The molecule has 0 saturated carbocycles. The summed E-state index contributed by atoms with van der Waals surface area (Å²) in [5.74, 6) is -0.608. The number of anilines is 1. The third-order valence-corrected chi connectivity index (χ3v) is 1.85. The van der Waals surface area contributed by atoms with Gasteiger partial charge in [-0.2, -0.15) is 0 Å². The molecule has 0 aliphatic heterocycles. The number of carbonyl (C=O) groups excluding carboxylic acids is 1. The highest BCUT2D eigenvalue weighted by Crippen LogP contribution is 2.22. The molecule has 0 bridgehead atoms. The van der Waals surface area contributed by atoms with Crippen molar-refractivity contribution in [2.24, 2.45) is 0 Å². The maximum Gasteiger partial charge on any atom is 0.224 e. The van der Waals surface area contributed by atoms with Gasteiger partial charge in [-0.1, -0.05) is 18.5 Å². The average molecular weight is 202 g/mol. The number of carbonyl (C=O) groups is 1. The molecule has 0 aliphatic rings. The highest BCUT2D eigenvalue weighted by molar-refractivity contribution is 6.33. The number of nitrogens with one attached hydrogen (secondary N) is 1. The molecule has 0 unspecified atom stereocenters. The van der Waals surface area contributed by atoms with Gasteiger partial charge in [0.2, 0.25) is 5.91 Å². The first-order valence-corrected chi connectivity index (χ1v) is 4.26. The van der Waals surface area contributed by atoms with Crippen molar-refractivity contribution in [2.75, 3.05) is 5.32 Å². The van der Waals surface area contributed by atoms with E-state index in [4.69, 9.17) is 11.6 Å². The van der Waals surface area contributed by atoms with Gasteiger partial charge in [-0.3, -0.25) is 4.79 Å². The lowest BCUT2D eigenvalue weighted by molar-refractivity contribution is -0.115. The lowest BCUT2D eigenvalue weighted by Gasteiger charge is -2.05. The van der Waals surface area contributed by atoms with Crippen LogP contribution in [0.5, 0.6) is 0 Å². The highest BCUT2D eigenvalue weighted by atomic mass is 35.5. The Morgan fingerprint density at radius 3 is 2.92 bits per heavy atom. The van der Waals surface area contributed by atoms with Crippen molar-refractivity contribution in [2.45, 2.75) is 13.3 Å². The van der Waals surface area contributed by atoms with Crippen molar-refractivity contribution in [3.05, 3.63) is 29.0 Å². The van der Waals surface area contributed by atoms with Crippen LogP contribution in [-0.2, 0) is 4.79 Å². The molecule has 0 saturated heterocycles. The van der Waals surface area contributed by atoms with E-state index in [1.54, 1.807) is 6.92 Å². The summed E-state index contributed by atoms with van der Waals surface area (Å²) in [6.07, 6.45) is 0.340.